The molecular formula is C14H16BrFN2S. The van der Waals surface area contributed by atoms with Gasteiger partial charge < -0.3 is 5.32 Å². The van der Waals surface area contributed by atoms with Gasteiger partial charge in [0.05, 0.1) is 6.04 Å². The Morgan fingerprint density at radius 2 is 2.26 bits per heavy atom. The van der Waals surface area contributed by atoms with Gasteiger partial charge in [-0.2, -0.15) is 0 Å². The lowest BCUT2D eigenvalue weighted by Gasteiger charge is -2.18. The van der Waals surface area contributed by atoms with Gasteiger partial charge in [0.2, 0.25) is 0 Å². The van der Waals surface area contributed by atoms with E-state index in [1.807, 2.05) is 12.3 Å². The Morgan fingerprint density at radius 1 is 1.47 bits per heavy atom. The van der Waals surface area contributed by atoms with Crippen molar-refractivity contribution in [1.82, 2.24) is 10.3 Å². The molecule has 2 rings (SSSR count). The Bertz CT molecular complexity index is 556. The molecule has 1 N–H and O–H groups in total. The normalized spacial score (nSPS) is 12.6. The van der Waals surface area contributed by atoms with Crippen LogP contribution in [0.3, 0.4) is 0 Å². The summed E-state index contributed by atoms with van der Waals surface area (Å²) in [6, 6.07) is 4.70. The summed E-state index contributed by atoms with van der Waals surface area (Å²) in [6.45, 7) is 4.95. The fraction of sp³-hybridized carbons (Fsp3) is 0.357. The second kappa shape index (κ2) is 6.59. The van der Waals surface area contributed by atoms with Crippen LogP contribution in [-0.4, -0.2) is 11.5 Å². The number of nitrogens with zero attached hydrogens (tertiary/aromatic N) is 1. The SMILES string of the molecule is CCCNC(c1nc(C)cs1)c1cc(F)ccc1Br. The summed E-state index contributed by atoms with van der Waals surface area (Å²) in [5, 5.41) is 6.42. The van der Waals surface area contributed by atoms with Crippen molar-refractivity contribution in [2.75, 3.05) is 6.54 Å². The number of thiazole rings is 1. The van der Waals surface area contributed by atoms with E-state index in [-0.39, 0.29) is 11.9 Å². The van der Waals surface area contributed by atoms with E-state index in [1.54, 1.807) is 23.5 Å². The summed E-state index contributed by atoms with van der Waals surface area (Å²) < 4.78 is 14.4. The first-order valence-electron chi connectivity index (χ1n) is 6.22. The van der Waals surface area contributed by atoms with Crippen LogP contribution in [0.15, 0.2) is 28.1 Å². The Hall–Kier alpha value is -0.780. The van der Waals surface area contributed by atoms with E-state index in [2.05, 4.69) is 33.2 Å². The van der Waals surface area contributed by atoms with Crippen molar-refractivity contribution in [1.29, 1.82) is 0 Å². The average molecular weight is 343 g/mol. The minimum absolute atomic E-state index is 0.0660. The van der Waals surface area contributed by atoms with Gasteiger partial charge >= 0.3 is 0 Å². The van der Waals surface area contributed by atoms with Crippen molar-refractivity contribution in [2.24, 2.45) is 0 Å². The summed E-state index contributed by atoms with van der Waals surface area (Å²) in [7, 11) is 0. The number of benzene rings is 1. The second-order valence-electron chi connectivity index (χ2n) is 4.38. The molecule has 0 spiro atoms. The zero-order chi connectivity index (χ0) is 13.8. The van der Waals surface area contributed by atoms with E-state index < -0.39 is 0 Å². The van der Waals surface area contributed by atoms with Gasteiger partial charge in [0.1, 0.15) is 10.8 Å². The molecule has 0 aliphatic rings. The van der Waals surface area contributed by atoms with Crippen LogP contribution in [0.2, 0.25) is 0 Å². The number of hydrogen-bond acceptors (Lipinski definition) is 3. The van der Waals surface area contributed by atoms with Gasteiger partial charge in [0.15, 0.2) is 0 Å². The maximum Gasteiger partial charge on any atom is 0.123 e. The van der Waals surface area contributed by atoms with Crippen LogP contribution in [0, 0.1) is 12.7 Å². The van der Waals surface area contributed by atoms with Gasteiger partial charge in [-0.1, -0.05) is 22.9 Å². The topological polar surface area (TPSA) is 24.9 Å². The highest BCUT2D eigenvalue weighted by Crippen LogP contribution is 2.31. The molecule has 2 nitrogen and oxygen atoms in total. The lowest BCUT2D eigenvalue weighted by molar-refractivity contribution is 0.581. The molecule has 1 unspecified atom stereocenters. The molecule has 0 saturated carbocycles. The lowest BCUT2D eigenvalue weighted by atomic mass is 10.1. The predicted octanol–water partition coefficient (Wildman–Crippen LogP) is 4.44. The second-order valence-corrected chi connectivity index (χ2v) is 6.12. The van der Waals surface area contributed by atoms with Crippen LogP contribution in [-0.2, 0) is 0 Å². The highest BCUT2D eigenvalue weighted by atomic mass is 79.9. The molecule has 1 aromatic heterocycles. The molecule has 1 atom stereocenters. The first kappa shape index (κ1) is 14.6. The third-order valence-corrected chi connectivity index (χ3v) is 4.50. The first-order valence-corrected chi connectivity index (χ1v) is 7.89. The van der Waals surface area contributed by atoms with Crippen molar-refractivity contribution in [3.8, 4) is 0 Å². The van der Waals surface area contributed by atoms with Crippen LogP contribution >= 0.6 is 27.3 Å². The predicted molar refractivity (Wildman–Crippen MR) is 81.1 cm³/mol. The molecule has 0 aliphatic heterocycles. The minimum atomic E-state index is -0.227. The molecule has 0 aliphatic carbocycles. The molecule has 5 heteroatoms. The Kier molecular flexibility index (Phi) is 5.07. The molecule has 1 aromatic carbocycles. The first-order chi connectivity index (χ1) is 9.11. The quantitative estimate of drug-likeness (QED) is 0.868. The molecule has 0 saturated heterocycles. The van der Waals surface area contributed by atoms with Crippen LogP contribution in [0.25, 0.3) is 0 Å². The van der Waals surface area contributed by atoms with Gasteiger partial charge in [-0.25, -0.2) is 9.37 Å². The lowest BCUT2D eigenvalue weighted by Crippen LogP contribution is -2.23. The van der Waals surface area contributed by atoms with E-state index in [0.717, 1.165) is 33.7 Å². The number of hydrogen-bond donors (Lipinski definition) is 1. The molecule has 19 heavy (non-hydrogen) atoms. The number of halogens is 2. The van der Waals surface area contributed by atoms with Crippen LogP contribution < -0.4 is 5.32 Å². The van der Waals surface area contributed by atoms with Crippen LogP contribution in [0.1, 0.15) is 35.7 Å². The monoisotopic (exact) mass is 342 g/mol. The molecule has 102 valence electrons. The summed E-state index contributed by atoms with van der Waals surface area (Å²) in [5.74, 6) is -0.227. The molecule has 0 amide bonds. The Morgan fingerprint density at radius 3 is 2.89 bits per heavy atom. The van der Waals surface area contributed by atoms with Crippen LogP contribution in [0.5, 0.6) is 0 Å². The number of aryl methyl sites for hydroxylation is 1. The third kappa shape index (κ3) is 3.61. The zero-order valence-corrected chi connectivity index (χ0v) is 13.3. The van der Waals surface area contributed by atoms with Crippen LogP contribution in [0.4, 0.5) is 4.39 Å². The molecule has 0 radical (unpaired) electrons. The zero-order valence-electron chi connectivity index (χ0n) is 10.9. The van der Waals surface area contributed by atoms with Gasteiger partial charge in [-0.05, 0) is 43.7 Å². The van der Waals surface area contributed by atoms with Gasteiger partial charge in [-0.3, -0.25) is 0 Å². The van der Waals surface area contributed by atoms with E-state index in [9.17, 15) is 4.39 Å². The standard InChI is InChI=1S/C14H16BrFN2S/c1-3-6-17-13(14-18-9(2)8-19-14)11-7-10(16)4-5-12(11)15/h4-5,7-8,13,17H,3,6H2,1-2H3. The van der Waals surface area contributed by atoms with Gasteiger partial charge in [0.25, 0.3) is 0 Å². The maximum atomic E-state index is 13.5. The van der Waals surface area contributed by atoms with Crippen molar-refractivity contribution in [3.05, 3.63) is 50.1 Å². The van der Waals surface area contributed by atoms with Crippen molar-refractivity contribution < 1.29 is 4.39 Å². The highest BCUT2D eigenvalue weighted by molar-refractivity contribution is 9.10. The summed E-state index contributed by atoms with van der Waals surface area (Å²) in [6.07, 6.45) is 1.02. The Labute approximate surface area is 125 Å². The van der Waals surface area contributed by atoms with E-state index >= 15 is 0 Å². The summed E-state index contributed by atoms with van der Waals surface area (Å²) >= 11 is 5.10. The highest BCUT2D eigenvalue weighted by Gasteiger charge is 2.19. The van der Waals surface area contributed by atoms with Gasteiger partial charge in [0, 0.05) is 15.5 Å². The van der Waals surface area contributed by atoms with Gasteiger partial charge in [-0.15, -0.1) is 11.3 Å². The van der Waals surface area contributed by atoms with Crippen molar-refractivity contribution in [2.45, 2.75) is 26.3 Å². The molecule has 2 aromatic rings. The van der Waals surface area contributed by atoms with E-state index in [0.29, 0.717) is 0 Å². The molecule has 0 bridgehead atoms. The fourth-order valence-electron chi connectivity index (χ4n) is 1.86. The number of aromatic nitrogens is 1. The largest absolute Gasteiger partial charge is 0.304 e. The van der Waals surface area contributed by atoms with E-state index in [4.69, 9.17) is 0 Å². The average Bonchev–Trinajstić information content (AvgIpc) is 2.80. The molecular weight excluding hydrogens is 327 g/mol. The smallest absolute Gasteiger partial charge is 0.123 e. The van der Waals surface area contributed by atoms with E-state index in [1.165, 1.54) is 6.07 Å². The van der Waals surface area contributed by atoms with Crippen molar-refractivity contribution >= 4 is 27.3 Å². The minimum Gasteiger partial charge on any atom is -0.304 e. The van der Waals surface area contributed by atoms with Crippen molar-refractivity contribution in [3.63, 3.8) is 0 Å². The maximum absolute atomic E-state index is 13.5. The summed E-state index contributed by atoms with van der Waals surface area (Å²) in [5.41, 5.74) is 1.89. The molecule has 1 heterocycles. The summed E-state index contributed by atoms with van der Waals surface area (Å²) in [4.78, 5) is 4.52. The Balaban J connectivity index is 2.39. The third-order valence-electron chi connectivity index (χ3n) is 2.75. The fourth-order valence-corrected chi connectivity index (χ4v) is 3.22. The molecule has 0 fully saturated rings. The number of nitrogens with one attached hydrogen (secondary N) is 1. The number of rotatable bonds is 5.